The van der Waals surface area contributed by atoms with Gasteiger partial charge in [-0.25, -0.2) is 8.42 Å². The second-order valence-corrected chi connectivity index (χ2v) is 8.66. The quantitative estimate of drug-likeness (QED) is 0.781. The zero-order valence-electron chi connectivity index (χ0n) is 10.6. The van der Waals surface area contributed by atoms with Crippen LogP contribution in [0.1, 0.15) is 17.7 Å². The summed E-state index contributed by atoms with van der Waals surface area (Å²) in [5.74, 6) is 0.311. The van der Waals surface area contributed by atoms with E-state index in [2.05, 4.69) is 5.32 Å². The van der Waals surface area contributed by atoms with E-state index < -0.39 is 9.84 Å². The number of halogens is 1. The van der Waals surface area contributed by atoms with E-state index in [0.717, 1.165) is 22.1 Å². The van der Waals surface area contributed by atoms with Gasteiger partial charge in [-0.15, -0.1) is 11.3 Å². The molecule has 0 bridgehead atoms. The third-order valence-corrected chi connectivity index (χ3v) is 5.92. The van der Waals surface area contributed by atoms with Crippen molar-refractivity contribution in [1.82, 2.24) is 5.32 Å². The molecule has 1 aromatic rings. The SMILES string of the molecule is O=S(=O)(CCNCc1ccc(Cl)s1)CC1CCCO1. The lowest BCUT2D eigenvalue weighted by molar-refractivity contribution is 0.127. The highest BCUT2D eigenvalue weighted by molar-refractivity contribution is 7.91. The predicted molar refractivity (Wildman–Crippen MR) is 78.7 cm³/mol. The number of nitrogens with one attached hydrogen (secondary N) is 1. The van der Waals surface area contributed by atoms with Gasteiger partial charge in [0.2, 0.25) is 0 Å². The van der Waals surface area contributed by atoms with E-state index in [1.54, 1.807) is 0 Å². The first-order valence-corrected chi connectivity index (χ1v) is 9.34. The highest BCUT2D eigenvalue weighted by atomic mass is 35.5. The minimum Gasteiger partial charge on any atom is -0.377 e. The predicted octanol–water partition coefficient (Wildman–Crippen LogP) is 2.08. The maximum absolute atomic E-state index is 11.9. The van der Waals surface area contributed by atoms with E-state index in [9.17, 15) is 8.42 Å². The van der Waals surface area contributed by atoms with E-state index in [1.165, 1.54) is 11.3 Å². The highest BCUT2D eigenvalue weighted by Crippen LogP contribution is 2.20. The van der Waals surface area contributed by atoms with Crippen LogP contribution in [0.4, 0.5) is 0 Å². The minimum absolute atomic E-state index is 0.0962. The summed E-state index contributed by atoms with van der Waals surface area (Å²) in [7, 11) is -3.02. The molecular formula is C12H18ClNO3S2. The van der Waals surface area contributed by atoms with Crippen molar-refractivity contribution in [2.45, 2.75) is 25.5 Å². The average molecular weight is 324 g/mol. The van der Waals surface area contributed by atoms with Crippen molar-refractivity contribution in [2.24, 2.45) is 0 Å². The molecule has 4 nitrogen and oxygen atoms in total. The van der Waals surface area contributed by atoms with Crippen molar-refractivity contribution in [3.63, 3.8) is 0 Å². The van der Waals surface area contributed by atoms with Crippen molar-refractivity contribution in [3.05, 3.63) is 21.3 Å². The Balaban J connectivity index is 1.66. The largest absolute Gasteiger partial charge is 0.377 e. The van der Waals surface area contributed by atoms with Gasteiger partial charge in [0.15, 0.2) is 9.84 Å². The minimum atomic E-state index is -3.02. The first-order chi connectivity index (χ1) is 9.05. The summed E-state index contributed by atoms with van der Waals surface area (Å²) in [6.07, 6.45) is 1.74. The molecule has 1 atom stereocenters. The molecule has 2 heterocycles. The van der Waals surface area contributed by atoms with Gasteiger partial charge < -0.3 is 10.1 Å². The second kappa shape index (κ2) is 7.04. The van der Waals surface area contributed by atoms with Crippen LogP contribution in [0.5, 0.6) is 0 Å². The van der Waals surface area contributed by atoms with Crippen LogP contribution in [0.25, 0.3) is 0 Å². The number of hydrogen-bond donors (Lipinski definition) is 1. The molecule has 7 heteroatoms. The highest BCUT2D eigenvalue weighted by Gasteiger charge is 2.22. The van der Waals surface area contributed by atoms with Gasteiger partial charge in [0.25, 0.3) is 0 Å². The van der Waals surface area contributed by atoms with Gasteiger partial charge in [0.05, 0.1) is 21.9 Å². The van der Waals surface area contributed by atoms with Crippen molar-refractivity contribution in [1.29, 1.82) is 0 Å². The third kappa shape index (κ3) is 5.39. The van der Waals surface area contributed by atoms with Crippen LogP contribution in [0, 0.1) is 0 Å². The van der Waals surface area contributed by atoms with Gasteiger partial charge in [-0.1, -0.05) is 11.6 Å². The van der Waals surface area contributed by atoms with E-state index in [1.807, 2.05) is 12.1 Å². The molecule has 1 fully saturated rings. The van der Waals surface area contributed by atoms with Crippen molar-refractivity contribution in [3.8, 4) is 0 Å². The summed E-state index contributed by atoms with van der Waals surface area (Å²) in [4.78, 5) is 1.11. The van der Waals surface area contributed by atoms with Crippen LogP contribution in [0.2, 0.25) is 4.34 Å². The molecule has 0 aromatic carbocycles. The molecule has 0 amide bonds. The summed E-state index contributed by atoms with van der Waals surface area (Å²) in [6.45, 7) is 1.81. The molecule has 1 saturated heterocycles. The summed E-state index contributed by atoms with van der Waals surface area (Å²) >= 11 is 7.33. The lowest BCUT2D eigenvalue weighted by Crippen LogP contribution is -2.28. The molecule has 1 aliphatic rings. The normalized spacial score (nSPS) is 19.9. The van der Waals surface area contributed by atoms with E-state index in [-0.39, 0.29) is 17.6 Å². The van der Waals surface area contributed by atoms with E-state index in [0.29, 0.717) is 19.7 Å². The Morgan fingerprint density at radius 2 is 2.32 bits per heavy atom. The summed E-state index contributed by atoms with van der Waals surface area (Å²) in [5, 5.41) is 3.13. The van der Waals surface area contributed by atoms with Crippen molar-refractivity contribution < 1.29 is 13.2 Å². The lowest BCUT2D eigenvalue weighted by atomic mass is 10.3. The maximum atomic E-state index is 11.9. The summed E-state index contributed by atoms with van der Waals surface area (Å²) < 4.78 is 29.8. The fourth-order valence-electron chi connectivity index (χ4n) is 2.03. The zero-order chi connectivity index (χ0) is 13.7. The Hall–Kier alpha value is -0.140. The molecule has 0 radical (unpaired) electrons. The molecule has 0 saturated carbocycles. The molecule has 1 aliphatic heterocycles. The molecule has 108 valence electrons. The van der Waals surface area contributed by atoms with Crippen molar-refractivity contribution >= 4 is 32.8 Å². The summed E-state index contributed by atoms with van der Waals surface area (Å²) in [6, 6.07) is 3.79. The van der Waals surface area contributed by atoms with E-state index >= 15 is 0 Å². The van der Waals surface area contributed by atoms with E-state index in [4.69, 9.17) is 16.3 Å². The Morgan fingerprint density at radius 1 is 1.47 bits per heavy atom. The fraction of sp³-hybridized carbons (Fsp3) is 0.667. The Labute approximate surface area is 123 Å². The van der Waals surface area contributed by atoms with Gasteiger partial charge >= 0.3 is 0 Å². The topological polar surface area (TPSA) is 55.4 Å². The molecule has 2 rings (SSSR count). The number of thiophene rings is 1. The van der Waals surface area contributed by atoms with Crippen LogP contribution in [-0.4, -0.2) is 39.2 Å². The van der Waals surface area contributed by atoms with Crippen LogP contribution in [0.3, 0.4) is 0 Å². The molecular weight excluding hydrogens is 306 g/mol. The standard InChI is InChI=1S/C12H18ClNO3S2/c13-12-4-3-11(18-12)8-14-5-7-19(15,16)9-10-2-1-6-17-10/h3-4,10,14H,1-2,5-9H2. The van der Waals surface area contributed by atoms with Gasteiger partial charge in [-0.3, -0.25) is 0 Å². The maximum Gasteiger partial charge on any atom is 0.154 e. The molecule has 1 N–H and O–H groups in total. The van der Waals surface area contributed by atoms with Crippen molar-refractivity contribution in [2.75, 3.05) is 24.7 Å². The zero-order valence-corrected chi connectivity index (χ0v) is 13.0. The third-order valence-electron chi connectivity index (χ3n) is 2.98. The first kappa shape index (κ1) is 15.3. The van der Waals surface area contributed by atoms with Gasteiger partial charge in [0, 0.05) is 24.6 Å². The van der Waals surface area contributed by atoms with Gasteiger partial charge in [0.1, 0.15) is 0 Å². The molecule has 19 heavy (non-hydrogen) atoms. The Morgan fingerprint density at radius 3 is 2.95 bits per heavy atom. The van der Waals surface area contributed by atoms with Gasteiger partial charge in [-0.05, 0) is 25.0 Å². The van der Waals surface area contributed by atoms with Crippen LogP contribution in [-0.2, 0) is 21.1 Å². The number of rotatable bonds is 7. The van der Waals surface area contributed by atoms with Gasteiger partial charge in [-0.2, -0.15) is 0 Å². The monoisotopic (exact) mass is 323 g/mol. The Kier molecular flexibility index (Phi) is 5.65. The fourth-order valence-corrected chi connectivity index (χ4v) is 4.54. The first-order valence-electron chi connectivity index (χ1n) is 6.32. The van der Waals surface area contributed by atoms with Crippen LogP contribution >= 0.6 is 22.9 Å². The van der Waals surface area contributed by atoms with Crippen LogP contribution < -0.4 is 5.32 Å². The van der Waals surface area contributed by atoms with Crippen LogP contribution in [0.15, 0.2) is 12.1 Å². The summed E-state index contributed by atoms with van der Waals surface area (Å²) in [5.41, 5.74) is 0. The lowest BCUT2D eigenvalue weighted by Gasteiger charge is -2.10. The average Bonchev–Trinajstić information content (AvgIpc) is 2.96. The molecule has 0 aliphatic carbocycles. The molecule has 1 aromatic heterocycles. The smallest absolute Gasteiger partial charge is 0.154 e. The molecule has 1 unspecified atom stereocenters. The second-order valence-electron chi connectivity index (χ2n) is 4.63. The Bertz CT molecular complexity index is 495. The number of hydrogen-bond acceptors (Lipinski definition) is 5. The molecule has 0 spiro atoms. The number of sulfone groups is 1. The number of ether oxygens (including phenoxy) is 1.